The summed E-state index contributed by atoms with van der Waals surface area (Å²) in [6.45, 7) is 3.15. The summed E-state index contributed by atoms with van der Waals surface area (Å²) < 4.78 is 35.3. The number of halogens is 1. The van der Waals surface area contributed by atoms with Crippen molar-refractivity contribution >= 4 is 21.6 Å². The number of hydrogen-bond donors (Lipinski definition) is 1. The van der Waals surface area contributed by atoms with E-state index in [-0.39, 0.29) is 10.7 Å². The number of rotatable bonds is 5. The lowest BCUT2D eigenvalue weighted by atomic mass is 10.1. The molecule has 0 aliphatic heterocycles. The third-order valence-electron chi connectivity index (χ3n) is 3.83. The van der Waals surface area contributed by atoms with Crippen LogP contribution >= 0.6 is 11.6 Å². The first-order valence-electron chi connectivity index (χ1n) is 7.47. The third-order valence-corrected chi connectivity index (χ3v) is 5.75. The topological polar surface area (TPSA) is 90.0 Å². The Morgan fingerprint density at radius 3 is 2.44 bits per heavy atom. The molecule has 3 aromatic rings. The highest BCUT2D eigenvalue weighted by Crippen LogP contribution is 2.26. The lowest BCUT2D eigenvalue weighted by molar-refractivity contribution is 0.390. The Balaban J connectivity index is 2.07. The molecule has 0 saturated heterocycles. The predicted octanol–water partition coefficient (Wildman–Crippen LogP) is 2.75. The van der Waals surface area contributed by atoms with E-state index >= 15 is 0 Å². The van der Waals surface area contributed by atoms with Gasteiger partial charge in [-0.15, -0.1) is 0 Å². The normalized spacial score (nSPS) is 13.1. The van der Waals surface area contributed by atoms with Gasteiger partial charge in [0.1, 0.15) is 22.5 Å². The fourth-order valence-electron chi connectivity index (χ4n) is 2.65. The molecule has 0 aliphatic carbocycles. The second-order valence-electron chi connectivity index (χ2n) is 5.66. The van der Waals surface area contributed by atoms with E-state index in [2.05, 4.69) is 14.9 Å². The van der Waals surface area contributed by atoms with Gasteiger partial charge in [0.15, 0.2) is 5.76 Å². The van der Waals surface area contributed by atoms with Gasteiger partial charge in [-0.1, -0.05) is 28.9 Å². The molecule has 7 nitrogen and oxygen atoms in total. The lowest BCUT2D eigenvalue weighted by Gasteiger charge is -2.19. The molecule has 25 heavy (non-hydrogen) atoms. The van der Waals surface area contributed by atoms with Crippen molar-refractivity contribution in [3.05, 3.63) is 64.5 Å². The minimum absolute atomic E-state index is 0.0423. The molecule has 0 aliphatic rings. The molecule has 9 heteroatoms. The van der Waals surface area contributed by atoms with Gasteiger partial charge in [0.05, 0.1) is 0 Å². The Hall–Kier alpha value is -2.16. The molecule has 0 spiro atoms. The maximum Gasteiger partial charge on any atom is 0.246 e. The summed E-state index contributed by atoms with van der Waals surface area (Å²) in [5.41, 5.74) is 1.02. The quantitative estimate of drug-likeness (QED) is 0.735. The monoisotopic (exact) mass is 380 g/mol. The summed E-state index contributed by atoms with van der Waals surface area (Å²) in [5, 5.41) is 4.29. The molecule has 1 unspecified atom stereocenters. The molecule has 1 aromatic carbocycles. The van der Waals surface area contributed by atoms with Gasteiger partial charge in [0, 0.05) is 24.5 Å². The van der Waals surface area contributed by atoms with Crippen molar-refractivity contribution in [1.29, 1.82) is 0 Å². The number of benzene rings is 1. The van der Waals surface area contributed by atoms with Crippen molar-refractivity contribution in [3.63, 3.8) is 0 Å². The van der Waals surface area contributed by atoms with E-state index in [4.69, 9.17) is 16.1 Å². The van der Waals surface area contributed by atoms with Crippen LogP contribution in [0.5, 0.6) is 0 Å². The zero-order valence-corrected chi connectivity index (χ0v) is 15.5. The van der Waals surface area contributed by atoms with E-state index in [0.29, 0.717) is 22.1 Å². The fraction of sp³-hybridized carbons (Fsp3) is 0.250. The second-order valence-corrected chi connectivity index (χ2v) is 7.74. The molecule has 0 amide bonds. The van der Waals surface area contributed by atoms with E-state index in [9.17, 15) is 8.42 Å². The molecular formula is C16H17ClN4O3S. The highest BCUT2D eigenvalue weighted by molar-refractivity contribution is 7.89. The molecule has 2 aromatic heterocycles. The number of nitrogens with one attached hydrogen (secondary N) is 1. The molecule has 0 fully saturated rings. The van der Waals surface area contributed by atoms with E-state index in [1.807, 2.05) is 0 Å². The second kappa shape index (κ2) is 6.62. The number of aromatic nitrogens is 3. The van der Waals surface area contributed by atoms with E-state index in [1.165, 1.54) is 0 Å². The summed E-state index contributed by atoms with van der Waals surface area (Å²) in [5.74, 6) is 0.789. The van der Waals surface area contributed by atoms with Gasteiger partial charge < -0.3 is 9.09 Å². The molecule has 0 saturated carbocycles. The van der Waals surface area contributed by atoms with Gasteiger partial charge in [-0.3, -0.25) is 0 Å². The maximum atomic E-state index is 12.9. The number of sulfonamides is 1. The van der Waals surface area contributed by atoms with Crippen molar-refractivity contribution in [2.24, 2.45) is 7.05 Å². The molecule has 0 bridgehead atoms. The number of imidazole rings is 1. The van der Waals surface area contributed by atoms with E-state index in [1.54, 1.807) is 62.1 Å². The Labute approximate surface area is 150 Å². The molecule has 3 rings (SSSR count). The molecule has 2 heterocycles. The highest BCUT2D eigenvalue weighted by atomic mass is 35.5. The van der Waals surface area contributed by atoms with E-state index < -0.39 is 16.1 Å². The predicted molar refractivity (Wildman–Crippen MR) is 92.8 cm³/mol. The van der Waals surface area contributed by atoms with Crippen LogP contribution in [0.25, 0.3) is 0 Å². The summed E-state index contributed by atoms with van der Waals surface area (Å²) >= 11 is 5.95. The first kappa shape index (κ1) is 17.7. The minimum Gasteiger partial charge on any atom is -0.360 e. The van der Waals surface area contributed by atoms with Crippen molar-refractivity contribution in [2.45, 2.75) is 24.8 Å². The van der Waals surface area contributed by atoms with Crippen LogP contribution < -0.4 is 4.72 Å². The van der Waals surface area contributed by atoms with Crippen molar-refractivity contribution in [1.82, 2.24) is 19.4 Å². The van der Waals surface area contributed by atoms with Crippen LogP contribution in [-0.4, -0.2) is 23.1 Å². The van der Waals surface area contributed by atoms with Gasteiger partial charge in [-0.05, 0) is 31.5 Å². The van der Waals surface area contributed by atoms with Crippen molar-refractivity contribution in [3.8, 4) is 0 Å². The van der Waals surface area contributed by atoms with Gasteiger partial charge in [-0.2, -0.15) is 4.72 Å². The minimum atomic E-state index is -3.87. The summed E-state index contributed by atoms with van der Waals surface area (Å²) in [7, 11) is -2.07. The van der Waals surface area contributed by atoms with Crippen LogP contribution in [0.1, 0.15) is 28.9 Å². The van der Waals surface area contributed by atoms with Gasteiger partial charge in [0.25, 0.3) is 0 Å². The maximum absolute atomic E-state index is 12.9. The number of hydrogen-bond acceptors (Lipinski definition) is 5. The van der Waals surface area contributed by atoms with Gasteiger partial charge in [0.2, 0.25) is 10.0 Å². The lowest BCUT2D eigenvalue weighted by Crippen LogP contribution is -2.31. The Morgan fingerprint density at radius 1 is 1.24 bits per heavy atom. The first-order chi connectivity index (χ1) is 11.8. The largest absolute Gasteiger partial charge is 0.360 e. The number of nitrogens with zero attached hydrogens (tertiary/aromatic N) is 3. The summed E-state index contributed by atoms with van der Waals surface area (Å²) in [4.78, 5) is 4.33. The summed E-state index contributed by atoms with van der Waals surface area (Å²) in [6.07, 6.45) is 3.37. The van der Waals surface area contributed by atoms with Crippen LogP contribution in [0, 0.1) is 13.8 Å². The highest BCUT2D eigenvalue weighted by Gasteiger charge is 2.30. The van der Waals surface area contributed by atoms with Gasteiger partial charge >= 0.3 is 0 Å². The van der Waals surface area contributed by atoms with E-state index in [0.717, 1.165) is 0 Å². The molecule has 1 atom stereocenters. The molecular weight excluding hydrogens is 364 g/mol. The Bertz CT molecular complexity index is 973. The first-order valence-corrected chi connectivity index (χ1v) is 9.33. The zero-order chi connectivity index (χ0) is 18.2. The Morgan fingerprint density at radius 2 is 1.92 bits per heavy atom. The van der Waals surface area contributed by atoms with Crippen LogP contribution in [0.2, 0.25) is 5.02 Å². The smallest absolute Gasteiger partial charge is 0.246 e. The van der Waals surface area contributed by atoms with Crippen LogP contribution in [0.4, 0.5) is 0 Å². The summed E-state index contributed by atoms with van der Waals surface area (Å²) in [6, 6.07) is 6.25. The fourth-order valence-corrected chi connectivity index (χ4v) is 4.29. The third kappa shape index (κ3) is 3.46. The molecule has 1 N–H and O–H groups in total. The average molecular weight is 381 g/mol. The van der Waals surface area contributed by atoms with Crippen LogP contribution in [-0.2, 0) is 17.1 Å². The number of aryl methyl sites for hydroxylation is 3. The molecule has 0 radical (unpaired) electrons. The SMILES string of the molecule is Cc1noc(C)c1S(=O)(=O)NC(c1ccc(Cl)cc1)c1nccn1C. The molecule has 132 valence electrons. The Kier molecular flexibility index (Phi) is 4.68. The van der Waals surface area contributed by atoms with Crippen LogP contribution in [0.15, 0.2) is 46.1 Å². The van der Waals surface area contributed by atoms with Crippen molar-refractivity contribution < 1.29 is 12.9 Å². The van der Waals surface area contributed by atoms with Crippen LogP contribution in [0.3, 0.4) is 0 Å². The van der Waals surface area contributed by atoms with Crippen molar-refractivity contribution in [2.75, 3.05) is 0 Å². The zero-order valence-electron chi connectivity index (χ0n) is 13.9. The average Bonchev–Trinajstić information content (AvgIpc) is 3.12. The standard InChI is InChI=1S/C16H17ClN4O3S/c1-10-15(11(2)24-19-10)25(22,23)20-14(16-18-8-9-21(16)3)12-4-6-13(17)7-5-12/h4-9,14,20H,1-3H3. The van der Waals surface area contributed by atoms with Gasteiger partial charge in [-0.25, -0.2) is 13.4 Å².